The number of hydrogen-bond acceptors (Lipinski definition) is 3. The molecular weight excluding hydrogens is 255 g/mol. The van der Waals surface area contributed by atoms with Crippen LogP contribution in [0.4, 0.5) is 13.2 Å². The summed E-state index contributed by atoms with van der Waals surface area (Å²) in [5.41, 5.74) is -0.0457. The molecule has 1 N–H and O–H groups in total. The quantitative estimate of drug-likeness (QED) is 0.844. The van der Waals surface area contributed by atoms with Crippen LogP contribution in [0, 0.1) is 0 Å². The molecule has 2 rings (SSSR count). The van der Waals surface area contributed by atoms with E-state index in [2.05, 4.69) is 5.10 Å². The number of halogens is 3. The van der Waals surface area contributed by atoms with E-state index >= 15 is 0 Å². The predicted octanol–water partition coefficient (Wildman–Crippen LogP) is 0.527. The Hall–Kier alpha value is -2.06. The van der Waals surface area contributed by atoms with E-state index in [1.807, 2.05) is 0 Å². The molecule has 0 unspecified atom stereocenters. The van der Waals surface area contributed by atoms with Crippen LogP contribution < -0.4 is 0 Å². The monoisotopic (exact) mass is 263 g/mol. The van der Waals surface area contributed by atoms with Crippen molar-refractivity contribution in [2.45, 2.75) is 12.2 Å². The highest BCUT2D eigenvalue weighted by Crippen LogP contribution is 2.27. The summed E-state index contributed by atoms with van der Waals surface area (Å²) < 4.78 is 37.5. The van der Waals surface area contributed by atoms with Crippen LogP contribution in [0.25, 0.3) is 0 Å². The van der Waals surface area contributed by atoms with Crippen molar-refractivity contribution in [3.8, 4) is 0 Å². The Morgan fingerprint density at radius 1 is 1.39 bits per heavy atom. The smallest absolute Gasteiger partial charge is 0.471 e. The van der Waals surface area contributed by atoms with Gasteiger partial charge in [-0.2, -0.15) is 18.3 Å². The first-order chi connectivity index (χ1) is 8.29. The molecule has 1 aromatic heterocycles. The van der Waals surface area contributed by atoms with Crippen LogP contribution in [0.3, 0.4) is 0 Å². The van der Waals surface area contributed by atoms with Crippen molar-refractivity contribution in [2.24, 2.45) is 0 Å². The average molecular weight is 263 g/mol. The summed E-state index contributed by atoms with van der Waals surface area (Å²) in [6, 6.07) is -0.413. The third-order valence-corrected chi connectivity index (χ3v) is 2.61. The largest absolute Gasteiger partial charge is 0.478 e. The lowest BCUT2D eigenvalue weighted by molar-refractivity contribution is -0.191. The maximum atomic E-state index is 12.1. The number of alkyl halides is 3. The van der Waals surface area contributed by atoms with Crippen molar-refractivity contribution in [2.75, 3.05) is 13.1 Å². The molecule has 2 heterocycles. The van der Waals surface area contributed by atoms with Gasteiger partial charge in [-0.05, 0) is 0 Å². The van der Waals surface area contributed by atoms with E-state index in [1.165, 1.54) is 10.9 Å². The Labute approximate surface area is 98.6 Å². The Morgan fingerprint density at radius 2 is 2.00 bits per heavy atom. The molecule has 0 radical (unpaired) electrons. The number of hydrogen-bond donors (Lipinski definition) is 1. The van der Waals surface area contributed by atoms with E-state index in [9.17, 15) is 22.8 Å². The zero-order valence-corrected chi connectivity index (χ0v) is 8.89. The first-order valence-corrected chi connectivity index (χ1v) is 4.92. The number of nitrogens with zero attached hydrogens (tertiary/aromatic N) is 3. The van der Waals surface area contributed by atoms with Gasteiger partial charge in [-0.25, -0.2) is 4.79 Å². The second-order valence-corrected chi connectivity index (χ2v) is 3.88. The Bertz CT molecular complexity index is 491. The number of likely N-dealkylation sites (tertiary alicyclic amines) is 1. The van der Waals surface area contributed by atoms with Crippen LogP contribution >= 0.6 is 0 Å². The molecule has 1 aromatic rings. The molecule has 1 saturated heterocycles. The summed E-state index contributed by atoms with van der Waals surface area (Å²) >= 11 is 0. The molecule has 18 heavy (non-hydrogen) atoms. The van der Waals surface area contributed by atoms with Gasteiger partial charge in [-0.1, -0.05) is 0 Å². The van der Waals surface area contributed by atoms with Gasteiger partial charge in [0.05, 0.1) is 17.8 Å². The highest BCUT2D eigenvalue weighted by Gasteiger charge is 2.47. The summed E-state index contributed by atoms with van der Waals surface area (Å²) in [5, 5.41) is 12.4. The average Bonchev–Trinajstić information content (AvgIpc) is 2.62. The van der Waals surface area contributed by atoms with Crippen molar-refractivity contribution < 1.29 is 27.9 Å². The Morgan fingerprint density at radius 3 is 2.44 bits per heavy atom. The second-order valence-electron chi connectivity index (χ2n) is 3.88. The molecule has 0 spiro atoms. The van der Waals surface area contributed by atoms with Crippen LogP contribution in [-0.2, 0) is 4.79 Å². The summed E-state index contributed by atoms with van der Waals surface area (Å²) in [4.78, 5) is 22.0. The minimum absolute atomic E-state index is 0.0457. The summed E-state index contributed by atoms with van der Waals surface area (Å²) in [7, 11) is 0. The highest BCUT2D eigenvalue weighted by atomic mass is 19.4. The number of carboxylic acid groups (broad SMARTS) is 1. The molecule has 0 aromatic carbocycles. The number of rotatable bonds is 2. The molecule has 1 fully saturated rings. The van der Waals surface area contributed by atoms with E-state index in [-0.39, 0.29) is 18.7 Å². The van der Waals surface area contributed by atoms with Gasteiger partial charge in [0.2, 0.25) is 0 Å². The van der Waals surface area contributed by atoms with Crippen molar-refractivity contribution >= 4 is 11.9 Å². The molecule has 6 nitrogen and oxygen atoms in total. The zero-order valence-electron chi connectivity index (χ0n) is 8.89. The molecular formula is C9H8F3N3O3. The first-order valence-electron chi connectivity index (χ1n) is 4.92. The molecule has 0 saturated carbocycles. The topological polar surface area (TPSA) is 75.4 Å². The highest BCUT2D eigenvalue weighted by molar-refractivity contribution is 5.86. The van der Waals surface area contributed by atoms with Crippen molar-refractivity contribution in [1.29, 1.82) is 0 Å². The van der Waals surface area contributed by atoms with E-state index in [0.717, 1.165) is 6.20 Å². The van der Waals surface area contributed by atoms with Crippen LogP contribution in [-0.4, -0.2) is 50.9 Å². The van der Waals surface area contributed by atoms with Crippen molar-refractivity contribution in [3.05, 3.63) is 18.0 Å². The van der Waals surface area contributed by atoms with E-state index in [4.69, 9.17) is 5.11 Å². The third-order valence-electron chi connectivity index (χ3n) is 2.61. The molecule has 0 bridgehead atoms. The minimum Gasteiger partial charge on any atom is -0.478 e. The van der Waals surface area contributed by atoms with Crippen LogP contribution in [0.2, 0.25) is 0 Å². The molecule has 1 amide bonds. The summed E-state index contributed by atoms with van der Waals surface area (Å²) in [6.07, 6.45) is -2.54. The molecule has 1 aliphatic heterocycles. The lowest BCUT2D eigenvalue weighted by Crippen LogP contribution is -2.54. The number of carboxylic acids is 1. The molecule has 0 aliphatic carbocycles. The lowest BCUT2D eigenvalue weighted by atomic mass is 10.1. The van der Waals surface area contributed by atoms with Gasteiger partial charge in [-0.3, -0.25) is 9.48 Å². The minimum atomic E-state index is -4.87. The van der Waals surface area contributed by atoms with Crippen LogP contribution in [0.15, 0.2) is 12.4 Å². The first kappa shape index (κ1) is 12.4. The SMILES string of the molecule is O=C(O)c1cnn(C2CN(C(=O)C(F)(F)F)C2)c1. The number of amides is 1. The Balaban J connectivity index is 1.96. The fourth-order valence-electron chi connectivity index (χ4n) is 1.62. The van der Waals surface area contributed by atoms with Gasteiger partial charge >= 0.3 is 18.1 Å². The predicted molar refractivity (Wildman–Crippen MR) is 50.9 cm³/mol. The normalized spacial score (nSPS) is 16.5. The van der Waals surface area contributed by atoms with Gasteiger partial charge in [0.25, 0.3) is 0 Å². The molecule has 0 atom stereocenters. The van der Waals surface area contributed by atoms with Gasteiger partial charge in [-0.15, -0.1) is 0 Å². The zero-order chi connectivity index (χ0) is 13.5. The van der Waals surface area contributed by atoms with Gasteiger partial charge in [0.15, 0.2) is 0 Å². The molecule has 9 heteroatoms. The number of aromatic nitrogens is 2. The van der Waals surface area contributed by atoms with Crippen molar-refractivity contribution in [3.63, 3.8) is 0 Å². The Kier molecular flexibility index (Phi) is 2.76. The van der Waals surface area contributed by atoms with Gasteiger partial charge in [0, 0.05) is 19.3 Å². The fourth-order valence-corrected chi connectivity index (χ4v) is 1.62. The van der Waals surface area contributed by atoms with E-state index in [1.54, 1.807) is 0 Å². The standard InChI is InChI=1S/C9H8F3N3O3/c10-9(11,12)8(18)14-3-6(4-14)15-2-5(1-13-15)7(16)17/h1-2,6H,3-4H2,(H,16,17). The number of carbonyl (C=O) groups excluding carboxylic acids is 1. The summed E-state index contributed by atoms with van der Waals surface area (Å²) in [5.74, 6) is -3.05. The van der Waals surface area contributed by atoms with Crippen LogP contribution in [0.1, 0.15) is 16.4 Å². The van der Waals surface area contributed by atoms with E-state index in [0.29, 0.717) is 4.90 Å². The second kappa shape index (κ2) is 4.00. The molecule has 1 aliphatic rings. The molecule has 98 valence electrons. The maximum Gasteiger partial charge on any atom is 0.471 e. The lowest BCUT2D eigenvalue weighted by Gasteiger charge is -2.39. The maximum absolute atomic E-state index is 12.1. The third kappa shape index (κ3) is 2.15. The van der Waals surface area contributed by atoms with Gasteiger partial charge in [0.1, 0.15) is 0 Å². The number of aromatic carboxylic acids is 1. The van der Waals surface area contributed by atoms with E-state index < -0.39 is 24.1 Å². The van der Waals surface area contributed by atoms with Crippen molar-refractivity contribution in [1.82, 2.24) is 14.7 Å². The summed E-state index contributed by atoms with van der Waals surface area (Å²) in [6.45, 7) is -0.252. The fraction of sp³-hybridized carbons (Fsp3) is 0.444. The van der Waals surface area contributed by atoms with Crippen LogP contribution in [0.5, 0.6) is 0 Å². The number of carbonyl (C=O) groups is 2. The van der Waals surface area contributed by atoms with Gasteiger partial charge < -0.3 is 10.0 Å².